The van der Waals surface area contributed by atoms with Crippen LogP contribution < -0.4 is 0 Å². The number of carbonyl (C=O) groups excluding carboxylic acids is 1. The molecule has 1 aliphatic heterocycles. The standard InChI is InChI=1S/C9H16O8/c10-1-5(11)6(12)7(13)8(14)9(15)17-3-4-2-16-4/h4-8,10-14H,1-3H2. The van der Waals surface area contributed by atoms with E-state index in [1.54, 1.807) is 0 Å². The molecule has 8 heteroatoms. The second-order valence-corrected chi connectivity index (χ2v) is 3.76. The molecule has 1 rings (SSSR count). The lowest BCUT2D eigenvalue weighted by molar-refractivity contribution is -0.170. The molecule has 5 unspecified atom stereocenters. The Kier molecular flexibility index (Phi) is 5.25. The van der Waals surface area contributed by atoms with Crippen LogP contribution in [0.5, 0.6) is 0 Å². The summed E-state index contributed by atoms with van der Waals surface area (Å²) in [7, 11) is 0. The summed E-state index contributed by atoms with van der Waals surface area (Å²) in [6.45, 7) is -0.380. The second kappa shape index (κ2) is 6.24. The lowest BCUT2D eigenvalue weighted by Crippen LogP contribution is -2.49. The van der Waals surface area contributed by atoms with Gasteiger partial charge in [-0.15, -0.1) is 0 Å². The van der Waals surface area contributed by atoms with Gasteiger partial charge in [0.05, 0.1) is 13.2 Å². The molecule has 0 amide bonds. The fraction of sp³-hybridized carbons (Fsp3) is 0.889. The van der Waals surface area contributed by atoms with E-state index in [2.05, 4.69) is 4.74 Å². The fourth-order valence-electron chi connectivity index (χ4n) is 1.09. The van der Waals surface area contributed by atoms with E-state index in [9.17, 15) is 20.1 Å². The lowest BCUT2D eigenvalue weighted by Gasteiger charge is -2.24. The van der Waals surface area contributed by atoms with Crippen LogP contribution in [0.2, 0.25) is 0 Å². The minimum atomic E-state index is -2.00. The van der Waals surface area contributed by atoms with E-state index in [-0.39, 0.29) is 12.7 Å². The van der Waals surface area contributed by atoms with Crippen LogP contribution in [0, 0.1) is 0 Å². The zero-order valence-electron chi connectivity index (χ0n) is 8.97. The van der Waals surface area contributed by atoms with Gasteiger partial charge in [0, 0.05) is 0 Å². The highest BCUT2D eigenvalue weighted by atomic mass is 16.6. The maximum Gasteiger partial charge on any atom is 0.337 e. The van der Waals surface area contributed by atoms with Gasteiger partial charge in [0.2, 0.25) is 0 Å². The van der Waals surface area contributed by atoms with Crippen molar-refractivity contribution in [3.05, 3.63) is 0 Å². The highest BCUT2D eigenvalue weighted by molar-refractivity contribution is 5.75. The Balaban J connectivity index is 2.37. The molecule has 0 aromatic carbocycles. The van der Waals surface area contributed by atoms with Gasteiger partial charge in [-0.1, -0.05) is 0 Å². The number of ether oxygens (including phenoxy) is 2. The first kappa shape index (κ1) is 14.3. The lowest BCUT2D eigenvalue weighted by atomic mass is 10.0. The molecular formula is C9H16O8. The SMILES string of the molecule is O=C(OCC1CO1)C(O)C(O)C(O)C(O)CO. The number of aliphatic hydroxyl groups is 5. The molecule has 5 N–H and O–H groups in total. The fourth-order valence-corrected chi connectivity index (χ4v) is 1.09. The third kappa shape index (κ3) is 4.19. The highest BCUT2D eigenvalue weighted by Crippen LogP contribution is 2.11. The quantitative estimate of drug-likeness (QED) is 0.231. The molecule has 5 atom stereocenters. The first-order chi connectivity index (χ1) is 7.97. The van der Waals surface area contributed by atoms with Gasteiger partial charge < -0.3 is 35.0 Å². The molecule has 0 saturated carbocycles. The van der Waals surface area contributed by atoms with Crippen molar-refractivity contribution in [1.82, 2.24) is 0 Å². The van der Waals surface area contributed by atoms with Gasteiger partial charge in [-0.05, 0) is 0 Å². The van der Waals surface area contributed by atoms with E-state index < -0.39 is 37.0 Å². The molecule has 100 valence electrons. The van der Waals surface area contributed by atoms with Gasteiger partial charge in [0.1, 0.15) is 31.0 Å². The van der Waals surface area contributed by atoms with Gasteiger partial charge in [-0.3, -0.25) is 0 Å². The summed E-state index contributed by atoms with van der Waals surface area (Å²) in [5.74, 6) is -1.13. The van der Waals surface area contributed by atoms with E-state index in [0.29, 0.717) is 6.61 Å². The highest BCUT2D eigenvalue weighted by Gasteiger charge is 2.36. The summed E-state index contributed by atoms with van der Waals surface area (Å²) >= 11 is 0. The maximum absolute atomic E-state index is 11.2. The minimum Gasteiger partial charge on any atom is -0.461 e. The van der Waals surface area contributed by atoms with Crippen LogP contribution in [-0.2, 0) is 14.3 Å². The Morgan fingerprint density at radius 3 is 2.35 bits per heavy atom. The van der Waals surface area contributed by atoms with E-state index in [4.69, 9.17) is 14.9 Å². The first-order valence-corrected chi connectivity index (χ1v) is 5.08. The van der Waals surface area contributed by atoms with Gasteiger partial charge in [-0.2, -0.15) is 0 Å². The number of epoxide rings is 1. The van der Waals surface area contributed by atoms with Crippen molar-refractivity contribution in [1.29, 1.82) is 0 Å². The number of aliphatic hydroxyl groups excluding tert-OH is 5. The predicted molar refractivity (Wildman–Crippen MR) is 51.8 cm³/mol. The Morgan fingerprint density at radius 2 is 1.88 bits per heavy atom. The van der Waals surface area contributed by atoms with Crippen molar-refractivity contribution in [3.8, 4) is 0 Å². The molecule has 1 fully saturated rings. The Labute approximate surface area is 97.0 Å². The molecule has 0 spiro atoms. The van der Waals surface area contributed by atoms with Gasteiger partial charge >= 0.3 is 5.97 Å². The first-order valence-electron chi connectivity index (χ1n) is 5.08. The maximum atomic E-state index is 11.2. The van der Waals surface area contributed by atoms with Crippen molar-refractivity contribution >= 4 is 5.97 Å². The van der Waals surface area contributed by atoms with Crippen LogP contribution >= 0.6 is 0 Å². The average Bonchev–Trinajstić information content (AvgIpc) is 3.15. The third-order valence-corrected chi connectivity index (χ3v) is 2.31. The summed E-state index contributed by atoms with van der Waals surface area (Å²) in [6.07, 6.45) is -7.62. The summed E-state index contributed by atoms with van der Waals surface area (Å²) in [4.78, 5) is 11.2. The number of hydrogen-bond donors (Lipinski definition) is 5. The van der Waals surface area contributed by atoms with Gasteiger partial charge in [-0.25, -0.2) is 4.79 Å². The molecule has 0 aliphatic carbocycles. The van der Waals surface area contributed by atoms with Crippen molar-refractivity contribution in [2.75, 3.05) is 19.8 Å². The molecule has 1 saturated heterocycles. The van der Waals surface area contributed by atoms with Crippen LogP contribution in [0.4, 0.5) is 0 Å². The summed E-state index contributed by atoms with van der Waals surface area (Å²) in [5, 5.41) is 45.4. The van der Waals surface area contributed by atoms with Crippen molar-refractivity contribution < 1.29 is 39.8 Å². The molecular weight excluding hydrogens is 236 g/mol. The molecule has 0 aromatic heterocycles. The van der Waals surface area contributed by atoms with Crippen LogP contribution in [0.15, 0.2) is 0 Å². The normalized spacial score (nSPS) is 25.8. The summed E-state index contributed by atoms with van der Waals surface area (Å²) in [5.41, 5.74) is 0. The van der Waals surface area contributed by atoms with Crippen LogP contribution in [0.1, 0.15) is 0 Å². The van der Waals surface area contributed by atoms with Crippen molar-refractivity contribution in [2.45, 2.75) is 30.5 Å². The zero-order chi connectivity index (χ0) is 13.0. The van der Waals surface area contributed by atoms with E-state index in [0.717, 1.165) is 0 Å². The number of hydrogen-bond acceptors (Lipinski definition) is 8. The molecule has 0 radical (unpaired) electrons. The molecule has 0 bridgehead atoms. The molecule has 1 heterocycles. The van der Waals surface area contributed by atoms with Crippen LogP contribution in [0.3, 0.4) is 0 Å². The number of carbonyl (C=O) groups is 1. The minimum absolute atomic E-state index is 0.0404. The van der Waals surface area contributed by atoms with Crippen LogP contribution in [-0.4, -0.2) is 81.8 Å². The topological polar surface area (TPSA) is 140 Å². The van der Waals surface area contributed by atoms with E-state index >= 15 is 0 Å². The van der Waals surface area contributed by atoms with Gasteiger partial charge in [0.25, 0.3) is 0 Å². The Hall–Kier alpha value is -0.770. The van der Waals surface area contributed by atoms with Gasteiger partial charge in [0.15, 0.2) is 6.10 Å². The molecule has 17 heavy (non-hydrogen) atoms. The van der Waals surface area contributed by atoms with E-state index in [1.165, 1.54) is 0 Å². The number of rotatable bonds is 7. The molecule has 1 aliphatic rings. The second-order valence-electron chi connectivity index (χ2n) is 3.76. The molecule has 0 aromatic rings. The third-order valence-electron chi connectivity index (χ3n) is 2.31. The summed E-state index contributed by atoms with van der Waals surface area (Å²) < 4.78 is 9.34. The Morgan fingerprint density at radius 1 is 1.29 bits per heavy atom. The predicted octanol–water partition coefficient (Wildman–Crippen LogP) is -3.64. The van der Waals surface area contributed by atoms with Crippen molar-refractivity contribution in [2.24, 2.45) is 0 Å². The average molecular weight is 252 g/mol. The Bertz CT molecular complexity index is 253. The zero-order valence-corrected chi connectivity index (χ0v) is 8.97. The molecule has 8 nitrogen and oxygen atoms in total. The monoisotopic (exact) mass is 252 g/mol. The van der Waals surface area contributed by atoms with Crippen molar-refractivity contribution in [3.63, 3.8) is 0 Å². The number of esters is 1. The smallest absolute Gasteiger partial charge is 0.337 e. The summed E-state index contributed by atoms with van der Waals surface area (Å²) in [6, 6.07) is 0. The largest absolute Gasteiger partial charge is 0.461 e. The van der Waals surface area contributed by atoms with Crippen LogP contribution in [0.25, 0.3) is 0 Å². The van der Waals surface area contributed by atoms with E-state index in [1.807, 2.05) is 0 Å².